The van der Waals surface area contributed by atoms with Gasteiger partial charge in [0.25, 0.3) is 0 Å². The van der Waals surface area contributed by atoms with Crippen LogP contribution in [0, 0.1) is 5.92 Å². The van der Waals surface area contributed by atoms with E-state index in [0.29, 0.717) is 12.0 Å². The summed E-state index contributed by atoms with van der Waals surface area (Å²) in [5.41, 5.74) is 0. The molecule has 1 saturated heterocycles. The van der Waals surface area contributed by atoms with Gasteiger partial charge in [-0.15, -0.1) is 5.10 Å². The van der Waals surface area contributed by atoms with Crippen molar-refractivity contribution in [3.63, 3.8) is 0 Å². The van der Waals surface area contributed by atoms with Crippen LogP contribution in [0.4, 0.5) is 0 Å². The summed E-state index contributed by atoms with van der Waals surface area (Å²) in [7, 11) is 0. The first-order chi connectivity index (χ1) is 9.25. The lowest BCUT2D eigenvalue weighted by Crippen LogP contribution is -2.24. The van der Waals surface area contributed by atoms with Gasteiger partial charge in [0.05, 0.1) is 12.6 Å². The third-order valence-corrected chi connectivity index (χ3v) is 4.06. The van der Waals surface area contributed by atoms with Crippen LogP contribution in [0.15, 0.2) is 5.16 Å². The molecule has 19 heavy (non-hydrogen) atoms. The molecule has 0 aliphatic carbocycles. The second-order valence-electron chi connectivity index (χ2n) is 5.23. The van der Waals surface area contributed by atoms with Crippen LogP contribution in [0.1, 0.15) is 26.7 Å². The molecular formula is C12H23N5OS. The zero-order valence-electron chi connectivity index (χ0n) is 11.7. The number of nitrogens with zero attached hydrogens (tertiary/aromatic N) is 4. The summed E-state index contributed by atoms with van der Waals surface area (Å²) >= 11 is 1.69. The summed E-state index contributed by atoms with van der Waals surface area (Å²) in [5.74, 6) is 1.61. The zero-order chi connectivity index (χ0) is 13.5. The highest BCUT2D eigenvalue weighted by molar-refractivity contribution is 7.99. The molecule has 0 saturated carbocycles. The second-order valence-corrected chi connectivity index (χ2v) is 6.22. The van der Waals surface area contributed by atoms with E-state index in [1.807, 2.05) is 4.68 Å². The Bertz CT molecular complexity index is 365. The summed E-state index contributed by atoms with van der Waals surface area (Å²) in [6.45, 7) is 8.04. The number of thioether (sulfide) groups is 1. The molecule has 1 fully saturated rings. The topological polar surface area (TPSA) is 64.9 Å². The highest BCUT2D eigenvalue weighted by atomic mass is 32.2. The maximum atomic E-state index is 5.60. The molecule has 6 nitrogen and oxygen atoms in total. The molecule has 0 radical (unpaired) electrons. The van der Waals surface area contributed by atoms with Crippen molar-refractivity contribution in [2.45, 2.75) is 44.5 Å². The molecule has 1 atom stereocenters. The van der Waals surface area contributed by atoms with Crippen molar-refractivity contribution in [1.29, 1.82) is 0 Å². The summed E-state index contributed by atoms with van der Waals surface area (Å²) in [5, 5.41) is 16.1. The number of hydrogen-bond acceptors (Lipinski definition) is 6. The quantitative estimate of drug-likeness (QED) is 0.572. The standard InChI is InChI=1S/C12H23N5OS/c1-10(2)8-13-5-6-17-12(14-15-16-17)19-9-11-4-3-7-18-11/h10-11,13H,3-9H2,1-2H3. The minimum atomic E-state index is 0.370. The first-order valence-electron chi connectivity index (χ1n) is 6.97. The van der Waals surface area contributed by atoms with Gasteiger partial charge >= 0.3 is 0 Å². The normalized spacial score (nSPS) is 19.4. The van der Waals surface area contributed by atoms with Crippen molar-refractivity contribution in [1.82, 2.24) is 25.5 Å². The van der Waals surface area contributed by atoms with Gasteiger partial charge in [0.2, 0.25) is 5.16 Å². The van der Waals surface area contributed by atoms with Crippen LogP contribution < -0.4 is 5.32 Å². The average molecular weight is 285 g/mol. The Morgan fingerprint density at radius 1 is 1.53 bits per heavy atom. The van der Waals surface area contributed by atoms with Gasteiger partial charge in [0.15, 0.2) is 0 Å². The van der Waals surface area contributed by atoms with E-state index in [1.165, 1.54) is 6.42 Å². The van der Waals surface area contributed by atoms with Crippen LogP contribution >= 0.6 is 11.8 Å². The molecule has 1 aliphatic rings. The maximum absolute atomic E-state index is 5.60. The van der Waals surface area contributed by atoms with E-state index in [1.54, 1.807) is 11.8 Å². The van der Waals surface area contributed by atoms with E-state index in [-0.39, 0.29) is 0 Å². The van der Waals surface area contributed by atoms with Crippen LogP contribution in [0.3, 0.4) is 0 Å². The number of rotatable bonds is 8. The maximum Gasteiger partial charge on any atom is 0.209 e. The lowest BCUT2D eigenvalue weighted by atomic mass is 10.2. The largest absolute Gasteiger partial charge is 0.377 e. The van der Waals surface area contributed by atoms with Gasteiger partial charge in [0.1, 0.15) is 0 Å². The Hall–Kier alpha value is -0.660. The predicted octanol–water partition coefficient (Wildman–Crippen LogP) is 1.19. The van der Waals surface area contributed by atoms with E-state index in [2.05, 4.69) is 34.7 Å². The number of hydrogen-bond donors (Lipinski definition) is 1. The van der Waals surface area contributed by atoms with Crippen molar-refractivity contribution in [3.05, 3.63) is 0 Å². The molecule has 1 N–H and O–H groups in total. The highest BCUT2D eigenvalue weighted by Gasteiger charge is 2.17. The predicted molar refractivity (Wildman–Crippen MR) is 75.2 cm³/mol. The lowest BCUT2D eigenvalue weighted by Gasteiger charge is -2.09. The molecule has 0 amide bonds. The third-order valence-electron chi connectivity index (χ3n) is 2.97. The third kappa shape index (κ3) is 5.08. The number of nitrogens with one attached hydrogen (secondary N) is 1. The van der Waals surface area contributed by atoms with Gasteiger partial charge in [0, 0.05) is 18.9 Å². The zero-order valence-corrected chi connectivity index (χ0v) is 12.5. The van der Waals surface area contributed by atoms with Crippen LogP contribution in [0.25, 0.3) is 0 Å². The summed E-state index contributed by atoms with van der Waals surface area (Å²) in [4.78, 5) is 0. The van der Waals surface area contributed by atoms with Crippen molar-refractivity contribution in [2.24, 2.45) is 5.92 Å². The average Bonchev–Trinajstić information content (AvgIpc) is 3.03. The van der Waals surface area contributed by atoms with E-state index in [0.717, 1.165) is 43.6 Å². The molecule has 0 bridgehead atoms. The van der Waals surface area contributed by atoms with Crippen molar-refractivity contribution >= 4 is 11.8 Å². The lowest BCUT2D eigenvalue weighted by molar-refractivity contribution is 0.129. The van der Waals surface area contributed by atoms with Gasteiger partial charge in [-0.2, -0.15) is 0 Å². The van der Waals surface area contributed by atoms with Gasteiger partial charge in [-0.25, -0.2) is 4.68 Å². The number of tetrazole rings is 1. The van der Waals surface area contributed by atoms with Crippen LogP contribution in [-0.4, -0.2) is 51.8 Å². The van der Waals surface area contributed by atoms with E-state index < -0.39 is 0 Å². The Morgan fingerprint density at radius 2 is 2.42 bits per heavy atom. The summed E-state index contributed by atoms with van der Waals surface area (Å²) < 4.78 is 7.47. The minimum absolute atomic E-state index is 0.370. The monoisotopic (exact) mass is 285 g/mol. The van der Waals surface area contributed by atoms with E-state index in [4.69, 9.17) is 4.74 Å². The fourth-order valence-electron chi connectivity index (χ4n) is 1.96. The van der Waals surface area contributed by atoms with E-state index >= 15 is 0 Å². The Morgan fingerprint density at radius 3 is 3.16 bits per heavy atom. The van der Waals surface area contributed by atoms with Gasteiger partial charge < -0.3 is 10.1 Å². The number of ether oxygens (including phenoxy) is 1. The fourth-order valence-corrected chi connectivity index (χ4v) is 2.93. The van der Waals surface area contributed by atoms with Crippen molar-refractivity contribution < 1.29 is 4.74 Å². The molecule has 0 spiro atoms. The van der Waals surface area contributed by atoms with Crippen LogP contribution in [0.2, 0.25) is 0 Å². The van der Waals surface area contributed by atoms with Crippen LogP contribution in [0.5, 0.6) is 0 Å². The first kappa shape index (κ1) is 14.7. The molecule has 108 valence electrons. The van der Waals surface area contributed by atoms with Crippen molar-refractivity contribution in [3.8, 4) is 0 Å². The Labute approximate surface area is 118 Å². The molecule has 1 aromatic rings. The fraction of sp³-hybridized carbons (Fsp3) is 0.917. The van der Waals surface area contributed by atoms with Crippen molar-refractivity contribution in [2.75, 3.05) is 25.4 Å². The molecule has 1 unspecified atom stereocenters. The van der Waals surface area contributed by atoms with Gasteiger partial charge in [-0.3, -0.25) is 0 Å². The summed E-state index contributed by atoms with van der Waals surface area (Å²) in [6, 6.07) is 0. The minimum Gasteiger partial charge on any atom is -0.377 e. The van der Waals surface area contributed by atoms with Crippen LogP contribution in [-0.2, 0) is 11.3 Å². The van der Waals surface area contributed by atoms with Gasteiger partial charge in [-0.1, -0.05) is 25.6 Å². The molecule has 2 rings (SSSR count). The second kappa shape index (κ2) is 7.81. The highest BCUT2D eigenvalue weighted by Crippen LogP contribution is 2.21. The van der Waals surface area contributed by atoms with Gasteiger partial charge in [-0.05, 0) is 35.7 Å². The number of aromatic nitrogens is 4. The molecule has 2 heterocycles. The molecule has 0 aromatic carbocycles. The SMILES string of the molecule is CC(C)CNCCn1nnnc1SCC1CCCO1. The molecular weight excluding hydrogens is 262 g/mol. The van der Waals surface area contributed by atoms with E-state index in [9.17, 15) is 0 Å². The Kier molecular flexibility index (Phi) is 6.06. The molecule has 1 aromatic heterocycles. The summed E-state index contributed by atoms with van der Waals surface area (Å²) in [6.07, 6.45) is 2.70. The molecule has 1 aliphatic heterocycles. The smallest absolute Gasteiger partial charge is 0.209 e. The first-order valence-corrected chi connectivity index (χ1v) is 7.95. The Balaban J connectivity index is 1.70. The molecule has 7 heteroatoms.